The van der Waals surface area contributed by atoms with Crippen molar-refractivity contribution in [1.82, 2.24) is 14.5 Å². The number of hydrogen-bond donors (Lipinski definition) is 1. The summed E-state index contributed by atoms with van der Waals surface area (Å²) < 4.78 is 2.08. The third kappa shape index (κ3) is 1.41. The normalized spacial score (nSPS) is 15.9. The molecule has 0 unspecified atom stereocenters. The van der Waals surface area contributed by atoms with Gasteiger partial charge in [-0.25, -0.2) is 9.97 Å². The topological polar surface area (TPSA) is 56.7 Å². The molecule has 0 saturated heterocycles. The van der Waals surface area contributed by atoms with Crippen LogP contribution in [0.25, 0.3) is 11.0 Å². The lowest BCUT2D eigenvalue weighted by Gasteiger charge is -2.02. The Balaban J connectivity index is 2.25. The third-order valence-electron chi connectivity index (χ3n) is 3.24. The lowest BCUT2D eigenvalue weighted by molar-refractivity contribution is 0.917. The molecule has 0 radical (unpaired) electrons. The molecular weight excluding hydrogens is 200 g/mol. The summed E-state index contributed by atoms with van der Waals surface area (Å²) in [4.78, 5) is 8.83. The first-order chi connectivity index (χ1) is 7.81. The minimum Gasteiger partial charge on any atom is -0.335 e. The number of hydrogen-bond acceptors (Lipinski definition) is 3. The van der Waals surface area contributed by atoms with Gasteiger partial charge in [0, 0.05) is 24.5 Å². The van der Waals surface area contributed by atoms with Crippen molar-refractivity contribution in [3.8, 4) is 0 Å². The van der Waals surface area contributed by atoms with E-state index in [0.717, 1.165) is 12.1 Å². The third-order valence-corrected chi connectivity index (χ3v) is 3.24. The Morgan fingerprint density at radius 3 is 2.94 bits per heavy atom. The summed E-state index contributed by atoms with van der Waals surface area (Å²) >= 11 is 0. The minimum absolute atomic E-state index is 0.657. The Kier molecular flexibility index (Phi) is 2.17. The van der Waals surface area contributed by atoms with Crippen LogP contribution in [0.4, 0.5) is 0 Å². The van der Waals surface area contributed by atoms with Gasteiger partial charge in [0.1, 0.15) is 12.0 Å². The summed E-state index contributed by atoms with van der Waals surface area (Å²) in [5.74, 6) is 0.657. The predicted molar refractivity (Wildman–Crippen MR) is 63.2 cm³/mol. The van der Waals surface area contributed by atoms with Crippen LogP contribution in [0.15, 0.2) is 12.5 Å². The number of rotatable bonds is 3. The van der Waals surface area contributed by atoms with E-state index in [1.807, 2.05) is 7.05 Å². The highest BCUT2D eigenvalue weighted by Gasteiger charge is 2.28. The molecule has 2 aromatic heterocycles. The van der Waals surface area contributed by atoms with E-state index in [2.05, 4.69) is 20.7 Å². The quantitative estimate of drug-likeness (QED) is 0.842. The molecule has 0 bridgehead atoms. The average Bonchev–Trinajstić information content (AvgIpc) is 3.07. The highest BCUT2D eigenvalue weighted by Crippen LogP contribution is 2.42. The zero-order valence-corrected chi connectivity index (χ0v) is 9.48. The molecule has 1 saturated carbocycles. The van der Waals surface area contributed by atoms with E-state index in [4.69, 9.17) is 5.73 Å². The van der Waals surface area contributed by atoms with Crippen molar-refractivity contribution in [2.75, 3.05) is 6.54 Å². The van der Waals surface area contributed by atoms with Crippen molar-refractivity contribution in [1.29, 1.82) is 0 Å². The largest absolute Gasteiger partial charge is 0.335 e. The number of nitrogens with zero attached hydrogens (tertiary/aromatic N) is 3. The summed E-state index contributed by atoms with van der Waals surface area (Å²) in [5.41, 5.74) is 9.22. The molecule has 1 aliphatic rings. The molecule has 4 heteroatoms. The minimum atomic E-state index is 0.657. The highest BCUT2D eigenvalue weighted by atomic mass is 15.0. The van der Waals surface area contributed by atoms with Gasteiger partial charge in [-0.3, -0.25) is 0 Å². The van der Waals surface area contributed by atoms with Crippen LogP contribution in [0.1, 0.15) is 30.0 Å². The molecule has 4 nitrogen and oxygen atoms in total. The van der Waals surface area contributed by atoms with Crippen LogP contribution in [0, 0.1) is 0 Å². The molecule has 0 atom stereocenters. The fraction of sp³-hybridized carbons (Fsp3) is 0.500. The van der Waals surface area contributed by atoms with Crippen LogP contribution in [0.3, 0.4) is 0 Å². The second kappa shape index (κ2) is 3.56. The monoisotopic (exact) mass is 216 g/mol. The van der Waals surface area contributed by atoms with Crippen molar-refractivity contribution in [3.05, 3.63) is 23.8 Å². The second-order valence-corrected chi connectivity index (χ2v) is 4.54. The smallest absolute Gasteiger partial charge is 0.143 e. The van der Waals surface area contributed by atoms with Gasteiger partial charge in [-0.15, -0.1) is 0 Å². The molecule has 0 spiro atoms. The average molecular weight is 216 g/mol. The lowest BCUT2D eigenvalue weighted by atomic mass is 10.1. The molecule has 2 N–H and O–H groups in total. The van der Waals surface area contributed by atoms with Gasteiger partial charge in [-0.2, -0.15) is 0 Å². The molecule has 0 amide bonds. The van der Waals surface area contributed by atoms with Gasteiger partial charge in [-0.05, 0) is 31.4 Å². The van der Waals surface area contributed by atoms with Crippen molar-refractivity contribution in [2.24, 2.45) is 12.8 Å². The van der Waals surface area contributed by atoms with Gasteiger partial charge in [0.15, 0.2) is 0 Å². The number of aromatic nitrogens is 3. The Hall–Kier alpha value is -1.42. The zero-order chi connectivity index (χ0) is 11.1. The predicted octanol–water partition coefficient (Wildman–Crippen LogP) is 1.35. The van der Waals surface area contributed by atoms with Crippen LogP contribution in [0.2, 0.25) is 0 Å². The first-order valence-electron chi connectivity index (χ1n) is 5.80. The number of nitrogens with two attached hydrogens (primary N) is 1. The fourth-order valence-electron chi connectivity index (χ4n) is 2.34. The Labute approximate surface area is 94.5 Å². The van der Waals surface area contributed by atoms with E-state index in [9.17, 15) is 0 Å². The molecule has 0 aromatic carbocycles. The van der Waals surface area contributed by atoms with Crippen LogP contribution in [0.5, 0.6) is 0 Å². The highest BCUT2D eigenvalue weighted by molar-refractivity contribution is 5.83. The van der Waals surface area contributed by atoms with Crippen LogP contribution in [-0.4, -0.2) is 21.1 Å². The summed E-state index contributed by atoms with van der Waals surface area (Å²) in [5, 5.41) is 1.25. The first-order valence-corrected chi connectivity index (χ1v) is 5.80. The van der Waals surface area contributed by atoms with E-state index >= 15 is 0 Å². The van der Waals surface area contributed by atoms with Gasteiger partial charge < -0.3 is 10.3 Å². The van der Waals surface area contributed by atoms with E-state index in [1.165, 1.54) is 29.5 Å². The molecule has 3 rings (SSSR count). The fourth-order valence-corrected chi connectivity index (χ4v) is 2.34. The summed E-state index contributed by atoms with van der Waals surface area (Å²) in [6.07, 6.45) is 7.26. The maximum absolute atomic E-state index is 5.65. The van der Waals surface area contributed by atoms with Crippen LogP contribution < -0.4 is 5.73 Å². The molecule has 84 valence electrons. The number of aryl methyl sites for hydroxylation is 1. The van der Waals surface area contributed by atoms with Gasteiger partial charge in [0.25, 0.3) is 0 Å². The molecular formula is C12H16N4. The van der Waals surface area contributed by atoms with Crippen molar-refractivity contribution < 1.29 is 0 Å². The van der Waals surface area contributed by atoms with E-state index in [1.54, 1.807) is 6.33 Å². The first kappa shape index (κ1) is 9.78. The standard InChI is InChI=1S/C12H16N4/c1-16-6-9(4-5-13)10-11(8-2-3-8)14-7-15-12(10)16/h6-8H,2-5,13H2,1H3. The molecule has 1 aliphatic carbocycles. The van der Waals surface area contributed by atoms with Crippen LogP contribution in [-0.2, 0) is 13.5 Å². The lowest BCUT2D eigenvalue weighted by Crippen LogP contribution is -2.03. The zero-order valence-electron chi connectivity index (χ0n) is 9.48. The number of fused-ring (bicyclic) bond motifs is 1. The van der Waals surface area contributed by atoms with Gasteiger partial charge >= 0.3 is 0 Å². The molecule has 2 aromatic rings. The van der Waals surface area contributed by atoms with Crippen molar-refractivity contribution >= 4 is 11.0 Å². The maximum Gasteiger partial charge on any atom is 0.143 e. The van der Waals surface area contributed by atoms with Crippen molar-refractivity contribution in [3.63, 3.8) is 0 Å². The molecule has 16 heavy (non-hydrogen) atoms. The van der Waals surface area contributed by atoms with Gasteiger partial charge in [0.2, 0.25) is 0 Å². The Morgan fingerprint density at radius 2 is 2.25 bits per heavy atom. The van der Waals surface area contributed by atoms with Crippen molar-refractivity contribution in [2.45, 2.75) is 25.2 Å². The molecule has 1 fully saturated rings. The summed E-state index contributed by atoms with van der Waals surface area (Å²) in [6.45, 7) is 0.679. The Morgan fingerprint density at radius 1 is 1.44 bits per heavy atom. The van der Waals surface area contributed by atoms with E-state index in [0.29, 0.717) is 12.5 Å². The molecule has 0 aliphatic heterocycles. The Bertz CT molecular complexity index is 525. The van der Waals surface area contributed by atoms with Crippen LogP contribution >= 0.6 is 0 Å². The van der Waals surface area contributed by atoms with E-state index in [-0.39, 0.29) is 0 Å². The summed E-state index contributed by atoms with van der Waals surface area (Å²) in [6, 6.07) is 0. The SMILES string of the molecule is Cn1cc(CCN)c2c(C3CC3)ncnc21. The van der Waals surface area contributed by atoms with Gasteiger partial charge in [0.05, 0.1) is 5.69 Å². The van der Waals surface area contributed by atoms with Gasteiger partial charge in [-0.1, -0.05) is 0 Å². The molecule has 2 heterocycles. The second-order valence-electron chi connectivity index (χ2n) is 4.54. The van der Waals surface area contributed by atoms with E-state index < -0.39 is 0 Å². The summed E-state index contributed by atoms with van der Waals surface area (Å²) in [7, 11) is 2.03. The maximum atomic E-state index is 5.65.